The highest BCUT2D eigenvalue weighted by Gasteiger charge is 2.08. The number of amides is 1. The van der Waals surface area contributed by atoms with Crippen molar-refractivity contribution in [3.8, 4) is 0 Å². The molecular weight excluding hydrogens is 272 g/mol. The summed E-state index contributed by atoms with van der Waals surface area (Å²) in [5.41, 5.74) is 3.23. The van der Waals surface area contributed by atoms with E-state index in [1.807, 2.05) is 50.2 Å². The smallest absolute Gasteiger partial charge is 0.244 e. The number of aryl methyl sites for hydroxylation is 1. The van der Waals surface area contributed by atoms with Gasteiger partial charge in [0.1, 0.15) is 0 Å². The number of hydrogen-bond acceptors (Lipinski definition) is 2. The highest BCUT2D eigenvalue weighted by Crippen LogP contribution is 2.10. The Kier molecular flexibility index (Phi) is 5.90. The molecule has 0 spiro atoms. The molecule has 0 aliphatic heterocycles. The summed E-state index contributed by atoms with van der Waals surface area (Å²) in [6.45, 7) is 3.93. The quantitative estimate of drug-likeness (QED) is 0.823. The second-order valence-corrected chi connectivity index (χ2v) is 5.46. The minimum absolute atomic E-state index is 0.0660. The summed E-state index contributed by atoms with van der Waals surface area (Å²) < 4.78 is 0. The van der Waals surface area contributed by atoms with Crippen LogP contribution in [0.3, 0.4) is 0 Å². The van der Waals surface area contributed by atoms with E-state index in [-0.39, 0.29) is 11.9 Å². The number of rotatable bonds is 6. The Labute approximate surface area is 132 Å². The van der Waals surface area contributed by atoms with E-state index < -0.39 is 0 Å². The first kappa shape index (κ1) is 16.0. The monoisotopic (exact) mass is 294 g/mol. The Balaban J connectivity index is 1.84. The standard InChI is InChI=1S/C19H22N2O/c1-15(11-12-17-8-4-3-5-9-17)14-19(22)21-16(2)18-10-6-7-13-20-18/h3-10,13-14,16H,11-12H2,1-2H3,(H,21,22). The van der Waals surface area contributed by atoms with Crippen molar-refractivity contribution in [1.82, 2.24) is 10.3 Å². The lowest BCUT2D eigenvalue weighted by Gasteiger charge is -2.12. The van der Waals surface area contributed by atoms with Crippen LogP contribution in [0, 0.1) is 0 Å². The average molecular weight is 294 g/mol. The SMILES string of the molecule is CC(=CC(=O)NC(C)c1ccccn1)CCc1ccccc1. The zero-order valence-electron chi connectivity index (χ0n) is 13.1. The average Bonchev–Trinajstić information content (AvgIpc) is 2.54. The number of allylic oxidation sites excluding steroid dienone is 1. The van der Waals surface area contributed by atoms with Crippen molar-refractivity contribution in [3.63, 3.8) is 0 Å². The zero-order chi connectivity index (χ0) is 15.8. The second kappa shape index (κ2) is 8.13. The summed E-state index contributed by atoms with van der Waals surface area (Å²) in [5.74, 6) is -0.0660. The third-order valence-electron chi connectivity index (χ3n) is 3.52. The fraction of sp³-hybridized carbons (Fsp3) is 0.263. The molecule has 114 valence electrons. The van der Waals surface area contributed by atoms with E-state index in [1.54, 1.807) is 12.3 Å². The lowest BCUT2D eigenvalue weighted by atomic mass is 10.1. The molecule has 0 fully saturated rings. The molecule has 2 rings (SSSR count). The third kappa shape index (κ3) is 5.17. The molecule has 0 radical (unpaired) electrons. The van der Waals surface area contributed by atoms with Crippen LogP contribution in [0.4, 0.5) is 0 Å². The van der Waals surface area contributed by atoms with Crippen molar-refractivity contribution in [2.45, 2.75) is 32.7 Å². The van der Waals surface area contributed by atoms with Gasteiger partial charge in [-0.05, 0) is 44.4 Å². The topological polar surface area (TPSA) is 42.0 Å². The number of benzene rings is 1. The van der Waals surface area contributed by atoms with E-state index >= 15 is 0 Å². The molecule has 0 aliphatic rings. The van der Waals surface area contributed by atoms with Crippen LogP contribution in [0.2, 0.25) is 0 Å². The van der Waals surface area contributed by atoms with Gasteiger partial charge in [0.2, 0.25) is 5.91 Å². The molecule has 1 heterocycles. The molecular formula is C19H22N2O. The van der Waals surface area contributed by atoms with Gasteiger partial charge in [0.15, 0.2) is 0 Å². The van der Waals surface area contributed by atoms with Crippen molar-refractivity contribution in [1.29, 1.82) is 0 Å². The highest BCUT2D eigenvalue weighted by molar-refractivity contribution is 5.88. The summed E-state index contributed by atoms with van der Waals surface area (Å²) in [7, 11) is 0. The van der Waals surface area contributed by atoms with Crippen LogP contribution in [-0.2, 0) is 11.2 Å². The van der Waals surface area contributed by atoms with Crippen LogP contribution in [-0.4, -0.2) is 10.9 Å². The van der Waals surface area contributed by atoms with Gasteiger partial charge in [-0.1, -0.05) is 42.0 Å². The van der Waals surface area contributed by atoms with Crippen LogP contribution in [0.5, 0.6) is 0 Å². The molecule has 3 heteroatoms. The summed E-state index contributed by atoms with van der Waals surface area (Å²) in [6, 6.07) is 15.9. The van der Waals surface area contributed by atoms with E-state index in [2.05, 4.69) is 22.4 Å². The Morgan fingerprint density at radius 1 is 1.18 bits per heavy atom. The van der Waals surface area contributed by atoms with Gasteiger partial charge in [-0.15, -0.1) is 0 Å². The molecule has 1 amide bonds. The van der Waals surface area contributed by atoms with Gasteiger partial charge in [-0.2, -0.15) is 0 Å². The van der Waals surface area contributed by atoms with E-state index in [0.29, 0.717) is 0 Å². The zero-order valence-corrected chi connectivity index (χ0v) is 13.1. The number of nitrogens with one attached hydrogen (secondary N) is 1. The largest absolute Gasteiger partial charge is 0.344 e. The molecule has 3 nitrogen and oxygen atoms in total. The fourth-order valence-electron chi connectivity index (χ4n) is 2.24. The molecule has 0 bridgehead atoms. The normalized spacial score (nSPS) is 12.7. The van der Waals surface area contributed by atoms with Gasteiger partial charge in [0, 0.05) is 12.3 Å². The van der Waals surface area contributed by atoms with Crippen molar-refractivity contribution in [2.75, 3.05) is 0 Å². The molecule has 0 aliphatic carbocycles. The van der Waals surface area contributed by atoms with E-state index in [9.17, 15) is 4.79 Å². The Bertz CT molecular complexity index is 620. The molecule has 1 N–H and O–H groups in total. The Hall–Kier alpha value is -2.42. The highest BCUT2D eigenvalue weighted by atomic mass is 16.1. The fourth-order valence-corrected chi connectivity index (χ4v) is 2.24. The summed E-state index contributed by atoms with van der Waals surface area (Å²) in [4.78, 5) is 16.3. The molecule has 1 atom stereocenters. The summed E-state index contributed by atoms with van der Waals surface area (Å²) in [5, 5.41) is 2.95. The van der Waals surface area contributed by atoms with Gasteiger partial charge < -0.3 is 5.32 Å². The first-order chi connectivity index (χ1) is 10.6. The van der Waals surface area contributed by atoms with Crippen molar-refractivity contribution in [2.24, 2.45) is 0 Å². The maximum absolute atomic E-state index is 12.0. The lowest BCUT2D eigenvalue weighted by molar-refractivity contribution is -0.117. The van der Waals surface area contributed by atoms with E-state index in [4.69, 9.17) is 0 Å². The number of pyridine rings is 1. The number of hydrogen-bond donors (Lipinski definition) is 1. The maximum Gasteiger partial charge on any atom is 0.244 e. The second-order valence-electron chi connectivity index (χ2n) is 5.46. The maximum atomic E-state index is 12.0. The molecule has 0 saturated carbocycles. The molecule has 1 aromatic heterocycles. The minimum atomic E-state index is -0.0909. The van der Waals surface area contributed by atoms with Gasteiger partial charge in [-0.3, -0.25) is 9.78 Å². The van der Waals surface area contributed by atoms with Gasteiger partial charge in [0.25, 0.3) is 0 Å². The molecule has 1 aromatic carbocycles. The number of nitrogens with zero attached hydrogens (tertiary/aromatic N) is 1. The van der Waals surface area contributed by atoms with E-state index in [0.717, 1.165) is 24.1 Å². The number of aromatic nitrogens is 1. The molecule has 22 heavy (non-hydrogen) atoms. The third-order valence-corrected chi connectivity index (χ3v) is 3.52. The van der Waals surface area contributed by atoms with Gasteiger partial charge in [0.05, 0.1) is 11.7 Å². The van der Waals surface area contributed by atoms with Crippen LogP contribution < -0.4 is 5.32 Å². The predicted molar refractivity (Wildman–Crippen MR) is 89.3 cm³/mol. The first-order valence-electron chi connectivity index (χ1n) is 7.57. The molecule has 1 unspecified atom stereocenters. The minimum Gasteiger partial charge on any atom is -0.344 e. The van der Waals surface area contributed by atoms with Crippen LogP contribution in [0.25, 0.3) is 0 Å². The van der Waals surface area contributed by atoms with Gasteiger partial charge in [-0.25, -0.2) is 0 Å². The Morgan fingerprint density at radius 2 is 1.91 bits per heavy atom. The molecule has 0 saturated heterocycles. The lowest BCUT2D eigenvalue weighted by Crippen LogP contribution is -2.25. The van der Waals surface area contributed by atoms with Crippen molar-refractivity contribution in [3.05, 3.63) is 77.6 Å². The van der Waals surface area contributed by atoms with Gasteiger partial charge >= 0.3 is 0 Å². The Morgan fingerprint density at radius 3 is 2.59 bits per heavy atom. The van der Waals surface area contributed by atoms with Crippen LogP contribution >= 0.6 is 0 Å². The van der Waals surface area contributed by atoms with Crippen LogP contribution in [0.15, 0.2) is 66.4 Å². The first-order valence-corrected chi connectivity index (χ1v) is 7.57. The van der Waals surface area contributed by atoms with Crippen molar-refractivity contribution < 1.29 is 4.79 Å². The number of carbonyl (C=O) groups excluding carboxylic acids is 1. The van der Waals surface area contributed by atoms with E-state index in [1.165, 1.54) is 5.56 Å². The molecule has 2 aromatic rings. The predicted octanol–water partition coefficient (Wildman–Crippen LogP) is 3.84. The number of carbonyl (C=O) groups is 1. The van der Waals surface area contributed by atoms with Crippen LogP contribution in [0.1, 0.15) is 37.6 Å². The summed E-state index contributed by atoms with van der Waals surface area (Å²) in [6.07, 6.45) is 5.25. The summed E-state index contributed by atoms with van der Waals surface area (Å²) >= 11 is 0. The van der Waals surface area contributed by atoms with Crippen molar-refractivity contribution >= 4 is 5.91 Å².